The van der Waals surface area contributed by atoms with Crippen molar-refractivity contribution in [2.45, 2.75) is 12.5 Å². The average Bonchev–Trinajstić information content (AvgIpc) is 2.54. The van der Waals surface area contributed by atoms with Gasteiger partial charge in [0.25, 0.3) is 0 Å². The molecule has 15 heavy (non-hydrogen) atoms. The first-order valence-corrected chi connectivity index (χ1v) is 3.85. The summed E-state index contributed by atoms with van der Waals surface area (Å²) >= 11 is 0. The van der Waals surface area contributed by atoms with Crippen molar-refractivity contribution in [3.8, 4) is 0 Å². The highest BCUT2D eigenvalue weighted by Crippen LogP contribution is 1.98. The molecule has 5 N–H and O–H groups in total. The Morgan fingerprint density at radius 2 is 2.33 bits per heavy atom. The number of urea groups is 1. The van der Waals surface area contributed by atoms with Gasteiger partial charge in [0, 0.05) is 18.3 Å². The summed E-state index contributed by atoms with van der Waals surface area (Å²) in [5, 5.41) is 10.8. The van der Waals surface area contributed by atoms with Gasteiger partial charge in [0.2, 0.25) is 0 Å². The number of nitrogens with two attached hydrogens (primary N) is 1. The fourth-order valence-corrected chi connectivity index (χ4v) is 0.988. The number of aromatic amines is 1. The van der Waals surface area contributed by atoms with Gasteiger partial charge in [-0.05, 0) is 0 Å². The molecule has 0 fully saturated rings. The van der Waals surface area contributed by atoms with Crippen LogP contribution in [0.25, 0.3) is 0 Å². The zero-order valence-corrected chi connectivity index (χ0v) is 8.45. The number of rotatable bonds is 4. The normalized spacial score (nSPS) is 11.2. The lowest BCUT2D eigenvalue weighted by atomic mass is 10.2. The molecule has 1 atom stereocenters. The first-order chi connectivity index (χ1) is 6.59. The number of aliphatic carboxylic acids is 1. The number of nitrogens with zero attached hydrogens (tertiary/aromatic N) is 1. The Kier molecular flexibility index (Phi) is 5.18. The molecular weight excluding hydrogens is 224 g/mol. The van der Waals surface area contributed by atoms with Crippen LogP contribution in [-0.4, -0.2) is 33.1 Å². The quantitative estimate of drug-likeness (QED) is 0.561. The van der Waals surface area contributed by atoms with Gasteiger partial charge in [-0.15, -0.1) is 12.4 Å². The van der Waals surface area contributed by atoms with E-state index < -0.39 is 18.0 Å². The van der Waals surface area contributed by atoms with Crippen LogP contribution in [0.3, 0.4) is 0 Å². The maximum atomic E-state index is 10.7. The standard InChI is InChI=1S/C7H10N4O3.ClH/c8-7(14)11-5(6(12)13)1-4-2-9-3-10-4;/h2-3,5H,1H2,(H,9,10)(H,12,13)(H3,8,11,14);1H. The highest BCUT2D eigenvalue weighted by Gasteiger charge is 2.19. The number of carboxylic acids is 1. The molecule has 0 spiro atoms. The Bertz CT molecular complexity index is 327. The van der Waals surface area contributed by atoms with Crippen LogP contribution in [0.2, 0.25) is 0 Å². The number of primary amides is 1. The molecule has 0 aliphatic heterocycles. The molecule has 0 saturated carbocycles. The molecule has 1 rings (SSSR count). The maximum Gasteiger partial charge on any atom is 0.326 e. The summed E-state index contributed by atoms with van der Waals surface area (Å²) in [5.74, 6) is -1.14. The van der Waals surface area contributed by atoms with Crippen LogP contribution in [0.1, 0.15) is 5.69 Å². The van der Waals surface area contributed by atoms with E-state index in [0.29, 0.717) is 5.69 Å². The van der Waals surface area contributed by atoms with E-state index in [0.717, 1.165) is 0 Å². The van der Waals surface area contributed by atoms with Gasteiger partial charge in [-0.1, -0.05) is 0 Å². The van der Waals surface area contributed by atoms with Crippen LogP contribution in [0, 0.1) is 0 Å². The van der Waals surface area contributed by atoms with Crippen LogP contribution in [0.15, 0.2) is 12.5 Å². The van der Waals surface area contributed by atoms with Crippen molar-refractivity contribution in [3.63, 3.8) is 0 Å². The summed E-state index contributed by atoms with van der Waals surface area (Å²) in [5.41, 5.74) is 5.44. The fraction of sp³-hybridized carbons (Fsp3) is 0.286. The van der Waals surface area contributed by atoms with Crippen molar-refractivity contribution in [3.05, 3.63) is 18.2 Å². The Balaban J connectivity index is 0.00000196. The number of nitrogens with one attached hydrogen (secondary N) is 2. The molecule has 8 heteroatoms. The van der Waals surface area contributed by atoms with Crippen molar-refractivity contribution >= 4 is 24.4 Å². The molecule has 0 radical (unpaired) electrons. The van der Waals surface area contributed by atoms with Gasteiger partial charge in [0.1, 0.15) is 6.04 Å². The first kappa shape index (κ1) is 13.2. The van der Waals surface area contributed by atoms with Crippen LogP contribution in [0.5, 0.6) is 0 Å². The fourth-order valence-electron chi connectivity index (χ4n) is 0.988. The van der Waals surface area contributed by atoms with Crippen LogP contribution < -0.4 is 11.1 Å². The minimum absolute atomic E-state index is 0. The van der Waals surface area contributed by atoms with Gasteiger partial charge in [-0.2, -0.15) is 0 Å². The topological polar surface area (TPSA) is 121 Å². The van der Waals surface area contributed by atoms with E-state index in [2.05, 4.69) is 15.3 Å². The summed E-state index contributed by atoms with van der Waals surface area (Å²) in [4.78, 5) is 27.6. The SMILES string of the molecule is Cl.NC(=O)NC(Cc1cnc[nH]1)C(=O)O. The second kappa shape index (κ2) is 5.86. The smallest absolute Gasteiger partial charge is 0.326 e. The third-order valence-corrected chi connectivity index (χ3v) is 1.59. The number of hydrogen-bond donors (Lipinski definition) is 4. The molecular formula is C7H11ClN4O3. The first-order valence-electron chi connectivity index (χ1n) is 3.85. The molecule has 7 nitrogen and oxygen atoms in total. The number of aromatic nitrogens is 2. The molecule has 1 unspecified atom stereocenters. The van der Waals surface area contributed by atoms with Crippen molar-refractivity contribution in [1.82, 2.24) is 15.3 Å². The summed E-state index contributed by atoms with van der Waals surface area (Å²) < 4.78 is 0. The Morgan fingerprint density at radius 1 is 1.67 bits per heavy atom. The van der Waals surface area contributed by atoms with E-state index in [1.165, 1.54) is 12.5 Å². The predicted molar refractivity (Wildman–Crippen MR) is 53.7 cm³/mol. The highest BCUT2D eigenvalue weighted by atomic mass is 35.5. The molecule has 84 valence electrons. The number of amides is 2. The third-order valence-electron chi connectivity index (χ3n) is 1.59. The van der Waals surface area contributed by atoms with Crippen LogP contribution >= 0.6 is 12.4 Å². The van der Waals surface area contributed by atoms with E-state index in [1.807, 2.05) is 0 Å². The van der Waals surface area contributed by atoms with Gasteiger partial charge in [-0.25, -0.2) is 14.6 Å². The molecule has 2 amide bonds. The number of carbonyl (C=O) groups is 2. The van der Waals surface area contributed by atoms with E-state index >= 15 is 0 Å². The number of H-pyrrole nitrogens is 1. The molecule has 1 heterocycles. The Morgan fingerprint density at radius 3 is 2.73 bits per heavy atom. The lowest BCUT2D eigenvalue weighted by Gasteiger charge is -2.10. The largest absolute Gasteiger partial charge is 0.480 e. The van der Waals surface area contributed by atoms with Crippen molar-refractivity contribution < 1.29 is 14.7 Å². The van der Waals surface area contributed by atoms with Crippen LogP contribution in [0.4, 0.5) is 4.79 Å². The molecule has 0 bridgehead atoms. The monoisotopic (exact) mass is 234 g/mol. The summed E-state index contributed by atoms with van der Waals surface area (Å²) in [6, 6.07) is -1.90. The van der Waals surface area contributed by atoms with Gasteiger partial charge in [0.05, 0.1) is 6.33 Å². The van der Waals surface area contributed by atoms with Gasteiger partial charge in [0.15, 0.2) is 0 Å². The minimum atomic E-state index is -1.14. The predicted octanol–water partition coefficient (Wildman–Crippen LogP) is -0.505. The third kappa shape index (κ3) is 4.32. The highest BCUT2D eigenvalue weighted by molar-refractivity contribution is 5.85. The number of carbonyl (C=O) groups excluding carboxylic acids is 1. The Labute approximate surface area is 91.5 Å². The molecule has 0 saturated heterocycles. The number of halogens is 1. The number of imidazole rings is 1. The minimum Gasteiger partial charge on any atom is -0.480 e. The van der Waals surface area contributed by atoms with Crippen molar-refractivity contribution in [2.24, 2.45) is 5.73 Å². The molecule has 0 aliphatic carbocycles. The number of carboxylic acid groups (broad SMARTS) is 1. The zero-order chi connectivity index (χ0) is 10.6. The average molecular weight is 235 g/mol. The summed E-state index contributed by atoms with van der Waals surface area (Å²) in [6.07, 6.45) is 3.04. The zero-order valence-electron chi connectivity index (χ0n) is 7.64. The van der Waals surface area contributed by atoms with Crippen LogP contribution in [-0.2, 0) is 11.2 Å². The van der Waals surface area contributed by atoms with Gasteiger partial charge >= 0.3 is 12.0 Å². The van der Waals surface area contributed by atoms with Gasteiger partial charge in [-0.3, -0.25) is 0 Å². The lowest BCUT2D eigenvalue weighted by Crippen LogP contribution is -2.44. The van der Waals surface area contributed by atoms with E-state index in [9.17, 15) is 9.59 Å². The van der Waals surface area contributed by atoms with Crippen molar-refractivity contribution in [1.29, 1.82) is 0 Å². The van der Waals surface area contributed by atoms with E-state index in [-0.39, 0.29) is 18.8 Å². The molecule has 0 aliphatic rings. The summed E-state index contributed by atoms with van der Waals surface area (Å²) in [6.45, 7) is 0. The molecule has 1 aromatic heterocycles. The second-order valence-corrected chi connectivity index (χ2v) is 2.68. The Hall–Kier alpha value is -1.76. The molecule has 0 aromatic carbocycles. The van der Waals surface area contributed by atoms with Gasteiger partial charge < -0.3 is 21.1 Å². The lowest BCUT2D eigenvalue weighted by molar-refractivity contribution is -0.139. The maximum absolute atomic E-state index is 10.7. The second-order valence-electron chi connectivity index (χ2n) is 2.68. The van der Waals surface area contributed by atoms with Crippen molar-refractivity contribution in [2.75, 3.05) is 0 Å². The number of hydrogen-bond acceptors (Lipinski definition) is 3. The molecule has 1 aromatic rings. The van der Waals surface area contributed by atoms with E-state index in [4.69, 9.17) is 10.8 Å². The summed E-state index contributed by atoms with van der Waals surface area (Å²) in [7, 11) is 0. The van der Waals surface area contributed by atoms with E-state index in [1.54, 1.807) is 0 Å².